The first-order valence-corrected chi connectivity index (χ1v) is 5.72. The topological polar surface area (TPSA) is 50.2 Å². The van der Waals surface area contributed by atoms with E-state index in [9.17, 15) is 4.79 Å². The van der Waals surface area contributed by atoms with Crippen molar-refractivity contribution in [2.75, 3.05) is 0 Å². The number of hydrogen-bond donors (Lipinski definition) is 1. The summed E-state index contributed by atoms with van der Waals surface area (Å²) in [5.74, 6) is -0.838. The Morgan fingerprint density at radius 3 is 2.22 bits per heavy atom. The van der Waals surface area contributed by atoms with Gasteiger partial charge in [0.15, 0.2) is 0 Å². The van der Waals surface area contributed by atoms with E-state index in [-0.39, 0.29) is 5.41 Å². The largest absolute Gasteiger partial charge is 0.478 e. The van der Waals surface area contributed by atoms with Gasteiger partial charge in [-0.25, -0.2) is 4.79 Å². The molecule has 0 atom stereocenters. The molecule has 0 aromatic carbocycles. The van der Waals surface area contributed by atoms with E-state index in [1.165, 1.54) is 0 Å². The molecule has 1 aromatic heterocycles. The van der Waals surface area contributed by atoms with Crippen molar-refractivity contribution in [1.82, 2.24) is 4.98 Å². The zero-order valence-corrected chi connectivity index (χ0v) is 11.5. The van der Waals surface area contributed by atoms with Crippen LogP contribution in [0.3, 0.4) is 0 Å². The predicted octanol–water partition coefficient (Wildman–Crippen LogP) is 3.79. The van der Waals surface area contributed by atoms with E-state index in [1.807, 2.05) is 39.0 Å². The second-order valence-electron chi connectivity index (χ2n) is 4.96. The first kappa shape index (κ1) is 16.1. The Hall–Kier alpha value is -1.90. The molecule has 0 saturated heterocycles. The second kappa shape index (κ2) is 7.43. The first-order chi connectivity index (χ1) is 8.26. The molecular formula is C15H21NO2. The molecule has 0 aliphatic carbocycles. The second-order valence-corrected chi connectivity index (χ2v) is 4.96. The molecule has 1 aromatic rings. The summed E-state index contributed by atoms with van der Waals surface area (Å²) in [5, 5.41) is 8.48. The van der Waals surface area contributed by atoms with Crippen LogP contribution in [0.1, 0.15) is 33.4 Å². The summed E-state index contributed by atoms with van der Waals surface area (Å²) in [6.45, 7) is 11.1. The number of carbonyl (C=O) groups is 1. The lowest BCUT2D eigenvalue weighted by Crippen LogP contribution is -2.05. The zero-order chi connectivity index (χ0) is 14.2. The van der Waals surface area contributed by atoms with Gasteiger partial charge in [0.25, 0.3) is 0 Å². The summed E-state index contributed by atoms with van der Waals surface area (Å²) in [4.78, 5) is 14.3. The van der Waals surface area contributed by atoms with Gasteiger partial charge in [-0.2, -0.15) is 0 Å². The van der Waals surface area contributed by atoms with Crippen LogP contribution in [-0.2, 0) is 4.79 Å². The van der Waals surface area contributed by atoms with Crippen molar-refractivity contribution < 1.29 is 9.90 Å². The van der Waals surface area contributed by atoms with Crippen LogP contribution in [0.2, 0.25) is 0 Å². The fourth-order valence-corrected chi connectivity index (χ4v) is 1.21. The van der Waals surface area contributed by atoms with Crippen LogP contribution >= 0.6 is 0 Å². The molecule has 0 unspecified atom stereocenters. The molecule has 0 spiro atoms. The standard InChI is InChI=1S/C8H14O2.C7H7N/c1-6(7(9)10)5-8(2,3)4;1-2-7-5-3-4-6-8-7/h5H,1-4H3,(H,9,10);2-6H,1H2. The number of allylic oxidation sites excluding steroid dienone is 1. The van der Waals surface area contributed by atoms with E-state index in [1.54, 1.807) is 25.3 Å². The van der Waals surface area contributed by atoms with Crippen LogP contribution in [0.15, 0.2) is 42.6 Å². The van der Waals surface area contributed by atoms with Gasteiger partial charge in [-0.1, -0.05) is 39.5 Å². The third kappa shape index (κ3) is 8.28. The Morgan fingerprint density at radius 1 is 1.39 bits per heavy atom. The number of rotatable bonds is 2. The summed E-state index contributed by atoms with van der Waals surface area (Å²) in [6.07, 6.45) is 5.21. The number of carboxylic acids is 1. The maximum Gasteiger partial charge on any atom is 0.330 e. The Balaban J connectivity index is 0.000000327. The molecule has 98 valence electrons. The number of carboxylic acid groups (broad SMARTS) is 1. The summed E-state index contributed by atoms with van der Waals surface area (Å²) in [6, 6.07) is 5.73. The SMILES string of the molecule is C=Cc1ccccn1.CC(=CC(C)(C)C)C(=O)O. The van der Waals surface area contributed by atoms with Gasteiger partial charge >= 0.3 is 5.97 Å². The summed E-state index contributed by atoms with van der Waals surface area (Å²) < 4.78 is 0. The minimum atomic E-state index is -0.838. The van der Waals surface area contributed by atoms with Gasteiger partial charge in [0.1, 0.15) is 0 Å². The van der Waals surface area contributed by atoms with Crippen molar-refractivity contribution in [3.8, 4) is 0 Å². The average Bonchev–Trinajstić information content (AvgIpc) is 2.28. The fourth-order valence-electron chi connectivity index (χ4n) is 1.21. The van der Waals surface area contributed by atoms with Crippen molar-refractivity contribution in [3.63, 3.8) is 0 Å². The normalized spacial score (nSPS) is 11.2. The van der Waals surface area contributed by atoms with Gasteiger partial charge < -0.3 is 5.11 Å². The van der Waals surface area contributed by atoms with E-state index >= 15 is 0 Å². The molecule has 0 saturated carbocycles. The van der Waals surface area contributed by atoms with E-state index in [2.05, 4.69) is 11.6 Å². The molecule has 1 N–H and O–H groups in total. The number of aliphatic carboxylic acids is 1. The summed E-state index contributed by atoms with van der Waals surface area (Å²) >= 11 is 0. The van der Waals surface area contributed by atoms with Crippen molar-refractivity contribution in [1.29, 1.82) is 0 Å². The van der Waals surface area contributed by atoms with Crippen molar-refractivity contribution in [2.45, 2.75) is 27.7 Å². The highest BCUT2D eigenvalue weighted by molar-refractivity contribution is 5.85. The van der Waals surface area contributed by atoms with E-state index in [0.29, 0.717) is 5.57 Å². The average molecular weight is 247 g/mol. The zero-order valence-electron chi connectivity index (χ0n) is 11.5. The van der Waals surface area contributed by atoms with Crippen LogP contribution in [0.25, 0.3) is 6.08 Å². The van der Waals surface area contributed by atoms with Gasteiger partial charge in [-0.3, -0.25) is 4.98 Å². The summed E-state index contributed by atoms with van der Waals surface area (Å²) in [5.41, 5.74) is 1.29. The van der Waals surface area contributed by atoms with E-state index < -0.39 is 5.97 Å². The van der Waals surface area contributed by atoms with Crippen molar-refractivity contribution in [3.05, 3.63) is 48.3 Å². The molecule has 0 bridgehead atoms. The minimum absolute atomic E-state index is 0.0392. The number of aromatic nitrogens is 1. The summed E-state index contributed by atoms with van der Waals surface area (Å²) in [7, 11) is 0. The maximum absolute atomic E-state index is 10.3. The molecule has 18 heavy (non-hydrogen) atoms. The highest BCUT2D eigenvalue weighted by Gasteiger charge is 2.09. The molecule has 3 heteroatoms. The van der Waals surface area contributed by atoms with Crippen molar-refractivity contribution in [2.24, 2.45) is 5.41 Å². The number of nitrogens with zero attached hydrogens (tertiary/aromatic N) is 1. The molecule has 0 amide bonds. The molecule has 0 radical (unpaired) electrons. The lowest BCUT2D eigenvalue weighted by Gasteiger charge is -2.11. The molecule has 3 nitrogen and oxygen atoms in total. The fraction of sp³-hybridized carbons (Fsp3) is 0.333. The Morgan fingerprint density at radius 2 is 2.00 bits per heavy atom. The van der Waals surface area contributed by atoms with E-state index in [4.69, 9.17) is 5.11 Å². The Bertz CT molecular complexity index is 414. The van der Waals surface area contributed by atoms with Gasteiger partial charge in [-0.05, 0) is 30.5 Å². The highest BCUT2D eigenvalue weighted by atomic mass is 16.4. The van der Waals surface area contributed by atoms with Crippen LogP contribution < -0.4 is 0 Å². The van der Waals surface area contributed by atoms with E-state index in [0.717, 1.165) is 5.69 Å². The third-order valence-electron chi connectivity index (χ3n) is 1.88. The number of hydrogen-bond acceptors (Lipinski definition) is 2. The predicted molar refractivity (Wildman–Crippen MR) is 75.2 cm³/mol. The smallest absolute Gasteiger partial charge is 0.330 e. The van der Waals surface area contributed by atoms with Gasteiger partial charge in [0.05, 0.1) is 5.69 Å². The lowest BCUT2D eigenvalue weighted by molar-refractivity contribution is -0.132. The van der Waals surface area contributed by atoms with Crippen LogP contribution in [0, 0.1) is 5.41 Å². The molecular weight excluding hydrogens is 226 g/mol. The highest BCUT2D eigenvalue weighted by Crippen LogP contribution is 2.17. The van der Waals surface area contributed by atoms with Crippen LogP contribution in [0.4, 0.5) is 0 Å². The number of pyridine rings is 1. The Labute approximate surface area is 109 Å². The maximum atomic E-state index is 10.3. The van der Waals surface area contributed by atoms with Crippen LogP contribution in [0.5, 0.6) is 0 Å². The molecule has 0 aliphatic heterocycles. The Kier molecular flexibility index (Phi) is 6.65. The monoisotopic (exact) mass is 247 g/mol. The third-order valence-corrected chi connectivity index (χ3v) is 1.88. The quantitative estimate of drug-likeness (QED) is 0.809. The molecule has 1 rings (SSSR count). The van der Waals surface area contributed by atoms with Crippen LogP contribution in [-0.4, -0.2) is 16.1 Å². The van der Waals surface area contributed by atoms with Gasteiger partial charge in [0.2, 0.25) is 0 Å². The van der Waals surface area contributed by atoms with Gasteiger partial charge in [0, 0.05) is 11.8 Å². The lowest BCUT2D eigenvalue weighted by atomic mass is 9.94. The van der Waals surface area contributed by atoms with Crippen molar-refractivity contribution >= 4 is 12.0 Å². The van der Waals surface area contributed by atoms with Gasteiger partial charge in [-0.15, -0.1) is 0 Å². The molecule has 0 aliphatic rings. The minimum Gasteiger partial charge on any atom is -0.478 e. The molecule has 0 fully saturated rings. The first-order valence-electron chi connectivity index (χ1n) is 5.72. The molecule has 1 heterocycles.